The zero-order valence-electron chi connectivity index (χ0n) is 7.31. The van der Waals surface area contributed by atoms with Gasteiger partial charge in [0.25, 0.3) is 0 Å². The van der Waals surface area contributed by atoms with Crippen LogP contribution in [0.15, 0.2) is 16.6 Å². The van der Waals surface area contributed by atoms with Crippen molar-refractivity contribution >= 4 is 28.3 Å². The number of benzene rings is 1. The summed E-state index contributed by atoms with van der Waals surface area (Å²) in [4.78, 5) is 0. The topological polar surface area (TPSA) is 26.0 Å². The Labute approximate surface area is 92.1 Å². The summed E-state index contributed by atoms with van der Waals surface area (Å²) in [5, 5.41) is 0. The van der Waals surface area contributed by atoms with Gasteiger partial charge >= 0.3 is 0 Å². The van der Waals surface area contributed by atoms with Gasteiger partial charge in [0.05, 0.1) is 0 Å². The normalized spacial score (nSPS) is 9.54. The Kier molecular flexibility index (Phi) is 5.53. The van der Waals surface area contributed by atoms with E-state index in [9.17, 15) is 4.39 Å². The molecule has 0 unspecified atom stereocenters. The molecule has 0 bridgehead atoms. The number of halogens is 3. The molecule has 1 rings (SSSR count). The summed E-state index contributed by atoms with van der Waals surface area (Å²) in [6, 6.07) is 3.31. The monoisotopic (exact) mass is 267 g/mol. The highest BCUT2D eigenvalue weighted by molar-refractivity contribution is 9.10. The summed E-state index contributed by atoms with van der Waals surface area (Å²) in [7, 11) is 0. The fourth-order valence-corrected chi connectivity index (χ4v) is 1.38. The second kappa shape index (κ2) is 5.58. The van der Waals surface area contributed by atoms with Crippen molar-refractivity contribution in [1.29, 1.82) is 0 Å². The number of aryl methyl sites for hydroxylation is 1. The van der Waals surface area contributed by atoms with Crippen LogP contribution in [0.5, 0.6) is 0 Å². The van der Waals surface area contributed by atoms with Crippen molar-refractivity contribution in [2.75, 3.05) is 6.54 Å². The third-order valence-corrected chi connectivity index (χ3v) is 2.60. The van der Waals surface area contributed by atoms with Gasteiger partial charge in [-0.15, -0.1) is 12.4 Å². The van der Waals surface area contributed by atoms with Crippen LogP contribution in [0.25, 0.3) is 0 Å². The quantitative estimate of drug-likeness (QED) is 0.877. The summed E-state index contributed by atoms with van der Waals surface area (Å²) in [6.45, 7) is 2.42. The van der Waals surface area contributed by atoms with E-state index in [1.54, 1.807) is 0 Å². The molecule has 1 aromatic rings. The van der Waals surface area contributed by atoms with Crippen LogP contribution in [0.4, 0.5) is 4.39 Å². The molecule has 2 N–H and O–H groups in total. The minimum Gasteiger partial charge on any atom is -0.330 e. The van der Waals surface area contributed by atoms with E-state index < -0.39 is 0 Å². The van der Waals surface area contributed by atoms with Crippen LogP contribution in [-0.4, -0.2) is 6.54 Å². The molecular weight excluding hydrogens is 256 g/mol. The van der Waals surface area contributed by atoms with Crippen molar-refractivity contribution in [3.63, 3.8) is 0 Å². The van der Waals surface area contributed by atoms with Crippen LogP contribution in [-0.2, 0) is 6.42 Å². The van der Waals surface area contributed by atoms with Crippen LogP contribution < -0.4 is 5.73 Å². The van der Waals surface area contributed by atoms with Gasteiger partial charge in [0.15, 0.2) is 0 Å². The third-order valence-electron chi connectivity index (χ3n) is 1.74. The van der Waals surface area contributed by atoms with Crippen LogP contribution in [0.1, 0.15) is 11.1 Å². The predicted molar refractivity (Wildman–Crippen MR) is 58.8 cm³/mol. The second-order valence-electron chi connectivity index (χ2n) is 2.73. The lowest BCUT2D eigenvalue weighted by molar-refractivity contribution is 0.608. The Morgan fingerprint density at radius 3 is 2.62 bits per heavy atom. The Balaban J connectivity index is 0.00000144. The molecule has 0 saturated carbocycles. The largest absolute Gasteiger partial charge is 0.330 e. The maximum atomic E-state index is 13.1. The lowest BCUT2D eigenvalue weighted by Gasteiger charge is -2.04. The molecule has 1 aromatic carbocycles. The molecule has 0 aliphatic carbocycles. The zero-order chi connectivity index (χ0) is 9.14. The Bertz CT molecular complexity index is 291. The van der Waals surface area contributed by atoms with Gasteiger partial charge < -0.3 is 5.73 Å². The minimum absolute atomic E-state index is 0. The van der Waals surface area contributed by atoms with Gasteiger partial charge in [-0.3, -0.25) is 0 Å². The molecule has 0 heterocycles. The highest BCUT2D eigenvalue weighted by Crippen LogP contribution is 2.20. The van der Waals surface area contributed by atoms with Gasteiger partial charge in [0, 0.05) is 4.47 Å². The summed E-state index contributed by atoms with van der Waals surface area (Å²) >= 11 is 3.26. The fraction of sp³-hybridized carbons (Fsp3) is 0.333. The lowest BCUT2D eigenvalue weighted by atomic mass is 10.1. The van der Waals surface area contributed by atoms with Crippen LogP contribution >= 0.6 is 28.3 Å². The van der Waals surface area contributed by atoms with Gasteiger partial charge in [0.2, 0.25) is 0 Å². The van der Waals surface area contributed by atoms with Gasteiger partial charge in [0.1, 0.15) is 5.82 Å². The predicted octanol–water partition coefficient (Wildman–Crippen LogP) is 2.82. The number of rotatable bonds is 2. The summed E-state index contributed by atoms with van der Waals surface area (Å²) in [6.07, 6.45) is 0.597. The van der Waals surface area contributed by atoms with Gasteiger partial charge in [-0.25, -0.2) is 4.39 Å². The SMILES string of the molecule is Cc1cc(CCN)c(F)cc1Br.Cl. The number of hydrogen-bond donors (Lipinski definition) is 1. The first-order valence-corrected chi connectivity index (χ1v) is 4.59. The third kappa shape index (κ3) is 3.25. The summed E-state index contributed by atoms with van der Waals surface area (Å²) in [5.74, 6) is -0.182. The molecule has 0 amide bonds. The second-order valence-corrected chi connectivity index (χ2v) is 3.59. The van der Waals surface area contributed by atoms with E-state index in [1.807, 2.05) is 13.0 Å². The molecular formula is C9H12BrClFN. The fourth-order valence-electron chi connectivity index (χ4n) is 1.06. The average molecular weight is 269 g/mol. The van der Waals surface area contributed by atoms with E-state index in [0.717, 1.165) is 10.0 Å². The summed E-state index contributed by atoms with van der Waals surface area (Å²) < 4.78 is 13.9. The molecule has 0 aromatic heterocycles. The maximum Gasteiger partial charge on any atom is 0.127 e. The van der Waals surface area contributed by atoms with Crippen molar-refractivity contribution in [1.82, 2.24) is 0 Å². The smallest absolute Gasteiger partial charge is 0.127 e. The molecule has 0 spiro atoms. The van der Waals surface area contributed by atoms with Crippen molar-refractivity contribution in [3.05, 3.63) is 33.5 Å². The number of nitrogens with two attached hydrogens (primary N) is 1. The highest BCUT2D eigenvalue weighted by Gasteiger charge is 2.04. The van der Waals surface area contributed by atoms with Crippen LogP contribution in [0, 0.1) is 12.7 Å². The van der Waals surface area contributed by atoms with E-state index in [4.69, 9.17) is 5.73 Å². The van der Waals surface area contributed by atoms with Gasteiger partial charge in [-0.05, 0) is 37.1 Å². The van der Waals surface area contributed by atoms with E-state index in [2.05, 4.69) is 15.9 Å². The van der Waals surface area contributed by atoms with Crippen molar-refractivity contribution in [3.8, 4) is 0 Å². The molecule has 0 radical (unpaired) electrons. The molecule has 0 aliphatic heterocycles. The van der Waals surface area contributed by atoms with Crippen LogP contribution in [0.2, 0.25) is 0 Å². The van der Waals surface area contributed by atoms with Gasteiger partial charge in [-0.1, -0.05) is 22.0 Å². The first kappa shape index (κ1) is 12.9. The molecule has 1 nitrogen and oxygen atoms in total. The maximum absolute atomic E-state index is 13.1. The Morgan fingerprint density at radius 1 is 1.46 bits per heavy atom. The molecule has 13 heavy (non-hydrogen) atoms. The van der Waals surface area contributed by atoms with Crippen molar-refractivity contribution < 1.29 is 4.39 Å². The van der Waals surface area contributed by atoms with Crippen molar-refractivity contribution in [2.24, 2.45) is 5.73 Å². The van der Waals surface area contributed by atoms with E-state index in [1.165, 1.54) is 6.07 Å². The van der Waals surface area contributed by atoms with Gasteiger partial charge in [-0.2, -0.15) is 0 Å². The first-order valence-electron chi connectivity index (χ1n) is 3.79. The molecule has 74 valence electrons. The van der Waals surface area contributed by atoms with Crippen molar-refractivity contribution in [2.45, 2.75) is 13.3 Å². The number of hydrogen-bond acceptors (Lipinski definition) is 1. The summed E-state index contributed by atoms with van der Waals surface area (Å²) in [5.41, 5.74) is 7.07. The molecule has 0 aliphatic rings. The van der Waals surface area contributed by atoms with Crippen LogP contribution in [0.3, 0.4) is 0 Å². The average Bonchev–Trinajstić information content (AvgIpc) is 2.01. The highest BCUT2D eigenvalue weighted by atomic mass is 79.9. The first-order chi connectivity index (χ1) is 5.65. The zero-order valence-corrected chi connectivity index (χ0v) is 9.71. The lowest BCUT2D eigenvalue weighted by Crippen LogP contribution is -2.04. The van der Waals surface area contributed by atoms with E-state index >= 15 is 0 Å². The Hall–Kier alpha value is -0.120. The molecule has 4 heteroatoms. The van der Waals surface area contributed by atoms with E-state index in [-0.39, 0.29) is 18.2 Å². The molecule has 0 saturated heterocycles. The van der Waals surface area contributed by atoms with E-state index in [0.29, 0.717) is 18.5 Å². The Morgan fingerprint density at radius 2 is 2.08 bits per heavy atom. The molecule has 0 atom stereocenters. The standard InChI is InChI=1S/C9H11BrFN.ClH/c1-6-4-7(2-3-12)9(11)5-8(6)10;/h4-5H,2-3,12H2,1H3;1H. The molecule has 0 fully saturated rings. The minimum atomic E-state index is -0.182.